The second-order valence-electron chi connectivity index (χ2n) is 4.62. The van der Waals surface area contributed by atoms with Crippen molar-refractivity contribution in [3.63, 3.8) is 0 Å². The number of rotatable bonds is 6. The molecule has 7 nitrogen and oxygen atoms in total. The fourth-order valence-electron chi connectivity index (χ4n) is 1.81. The van der Waals surface area contributed by atoms with E-state index in [1.54, 1.807) is 18.2 Å². The largest absolute Gasteiger partial charge is 0.493 e. The fraction of sp³-hybridized carbons (Fsp3) is 0.0667. The Hall–Kier alpha value is -2.36. The summed E-state index contributed by atoms with van der Waals surface area (Å²) >= 11 is 10.8. The molecule has 10 heteroatoms. The van der Waals surface area contributed by atoms with Crippen molar-refractivity contribution < 1.29 is 17.3 Å². The van der Waals surface area contributed by atoms with Gasteiger partial charge in [0.05, 0.1) is 18.3 Å². The van der Waals surface area contributed by atoms with Crippen LogP contribution in [0, 0.1) is 0 Å². The molecule has 2 aromatic carbocycles. The zero-order valence-electron chi connectivity index (χ0n) is 13.0. The quantitative estimate of drug-likeness (QED) is 0.332. The Kier molecular flexibility index (Phi) is 6.18. The highest BCUT2D eigenvalue weighted by atomic mass is 35.5. The van der Waals surface area contributed by atoms with E-state index in [0.717, 1.165) is 0 Å². The molecule has 0 radical (unpaired) electrons. The number of hydrogen-bond donors (Lipinski definition) is 2. The molecule has 0 aliphatic heterocycles. The average molecular weight is 400 g/mol. The van der Waals surface area contributed by atoms with Gasteiger partial charge in [-0.15, -0.1) is 0 Å². The maximum atomic E-state index is 12.4. The highest BCUT2D eigenvalue weighted by Gasteiger charge is 2.21. The van der Waals surface area contributed by atoms with Crippen LogP contribution in [0.1, 0.15) is 5.56 Å². The number of thiocarbonyl (C=S) groups is 1. The van der Waals surface area contributed by atoms with Gasteiger partial charge in [0.15, 0.2) is 10.9 Å². The maximum absolute atomic E-state index is 12.4. The normalized spacial score (nSPS) is 11.3. The van der Waals surface area contributed by atoms with Gasteiger partial charge >= 0.3 is 10.1 Å². The monoisotopic (exact) mass is 399 g/mol. The Morgan fingerprint density at radius 3 is 2.60 bits per heavy atom. The van der Waals surface area contributed by atoms with Crippen LogP contribution in [0.15, 0.2) is 52.5 Å². The summed E-state index contributed by atoms with van der Waals surface area (Å²) in [5.41, 5.74) is 8.18. The number of nitrogens with two attached hydrogens (primary N) is 1. The Morgan fingerprint density at radius 2 is 2.00 bits per heavy atom. The van der Waals surface area contributed by atoms with Gasteiger partial charge < -0.3 is 14.7 Å². The zero-order chi connectivity index (χ0) is 18.4. The van der Waals surface area contributed by atoms with E-state index in [2.05, 4.69) is 22.7 Å². The predicted octanol–water partition coefficient (Wildman–Crippen LogP) is 2.28. The van der Waals surface area contributed by atoms with Crippen molar-refractivity contribution in [2.24, 2.45) is 10.8 Å². The van der Waals surface area contributed by atoms with Gasteiger partial charge in [0, 0.05) is 0 Å². The lowest BCUT2D eigenvalue weighted by molar-refractivity contribution is 0.390. The molecule has 132 valence electrons. The molecule has 2 rings (SSSR count). The van der Waals surface area contributed by atoms with Crippen molar-refractivity contribution in [2.75, 3.05) is 7.11 Å². The molecule has 0 atom stereocenters. The van der Waals surface area contributed by atoms with E-state index in [4.69, 9.17) is 26.3 Å². The summed E-state index contributed by atoms with van der Waals surface area (Å²) in [6, 6.07) is 10.7. The molecule has 2 aromatic rings. The molecule has 0 bridgehead atoms. The van der Waals surface area contributed by atoms with Gasteiger partial charge in [-0.3, -0.25) is 5.43 Å². The summed E-state index contributed by atoms with van der Waals surface area (Å²) in [7, 11) is -2.69. The lowest BCUT2D eigenvalue weighted by Gasteiger charge is -2.13. The lowest BCUT2D eigenvalue weighted by atomic mass is 10.2. The number of nitrogens with one attached hydrogen (secondary N) is 1. The van der Waals surface area contributed by atoms with Gasteiger partial charge in [-0.25, -0.2) is 0 Å². The molecule has 0 saturated carbocycles. The third-order valence-electron chi connectivity index (χ3n) is 2.87. The zero-order valence-corrected chi connectivity index (χ0v) is 15.4. The summed E-state index contributed by atoms with van der Waals surface area (Å²) < 4.78 is 35.0. The van der Waals surface area contributed by atoms with Crippen molar-refractivity contribution in [2.45, 2.75) is 4.90 Å². The summed E-state index contributed by atoms with van der Waals surface area (Å²) in [6.45, 7) is 0. The van der Waals surface area contributed by atoms with Crippen molar-refractivity contribution in [3.8, 4) is 11.5 Å². The lowest BCUT2D eigenvalue weighted by Crippen LogP contribution is -2.24. The first-order valence-corrected chi connectivity index (χ1v) is 8.98. The van der Waals surface area contributed by atoms with Gasteiger partial charge in [-0.1, -0.05) is 29.8 Å². The number of ether oxygens (including phenoxy) is 1. The number of benzene rings is 2. The number of nitrogens with zero attached hydrogens (tertiary/aromatic N) is 1. The molecule has 0 amide bonds. The van der Waals surface area contributed by atoms with Crippen LogP contribution in [0.5, 0.6) is 11.5 Å². The van der Waals surface area contributed by atoms with Crippen LogP contribution in [0.3, 0.4) is 0 Å². The number of halogens is 1. The summed E-state index contributed by atoms with van der Waals surface area (Å²) in [5, 5.41) is 3.84. The number of hydrazone groups is 1. The Morgan fingerprint density at radius 1 is 1.32 bits per heavy atom. The van der Waals surface area contributed by atoms with E-state index in [9.17, 15) is 8.42 Å². The molecular formula is C15H14ClN3O4S2. The minimum atomic E-state index is -4.05. The molecule has 0 aliphatic rings. The molecule has 0 aliphatic carbocycles. The molecule has 0 spiro atoms. The molecule has 0 unspecified atom stereocenters. The summed E-state index contributed by atoms with van der Waals surface area (Å²) in [5.74, 6) is 0.0104. The van der Waals surface area contributed by atoms with E-state index in [1.165, 1.54) is 37.6 Å². The van der Waals surface area contributed by atoms with E-state index in [-0.39, 0.29) is 26.5 Å². The van der Waals surface area contributed by atoms with Crippen LogP contribution in [0.2, 0.25) is 5.02 Å². The van der Waals surface area contributed by atoms with E-state index >= 15 is 0 Å². The van der Waals surface area contributed by atoms with Crippen LogP contribution in [0.25, 0.3) is 0 Å². The molecule has 0 aromatic heterocycles. The Labute approximate surface area is 155 Å². The van der Waals surface area contributed by atoms with E-state index in [1.807, 2.05) is 0 Å². The topological polar surface area (TPSA) is 103 Å². The average Bonchev–Trinajstić information content (AvgIpc) is 2.57. The smallest absolute Gasteiger partial charge is 0.339 e. The van der Waals surface area contributed by atoms with Gasteiger partial charge in [-0.05, 0) is 42.0 Å². The molecule has 25 heavy (non-hydrogen) atoms. The summed E-state index contributed by atoms with van der Waals surface area (Å²) in [4.78, 5) is -0.000540. The standard InChI is InChI=1S/C15H14ClN3O4S2/c1-22-13-8-10(9-18-19-15(17)24)7-12(16)14(13)23-25(20,21)11-5-3-2-4-6-11/h2-9H,1H3,(H3,17,19,24)/b18-9-. The number of hydrogen-bond acceptors (Lipinski definition) is 6. The van der Waals surface area contributed by atoms with Crippen molar-refractivity contribution in [3.05, 3.63) is 53.1 Å². The SMILES string of the molecule is COc1cc(/C=N\NC(N)=S)cc(Cl)c1OS(=O)(=O)c1ccccc1. The van der Waals surface area contributed by atoms with Gasteiger partial charge in [0.25, 0.3) is 0 Å². The second-order valence-corrected chi connectivity index (χ2v) is 7.01. The first kappa shape index (κ1) is 19.0. The molecular weight excluding hydrogens is 386 g/mol. The van der Waals surface area contributed by atoms with Gasteiger partial charge in [-0.2, -0.15) is 13.5 Å². The van der Waals surface area contributed by atoms with Crippen molar-refractivity contribution >= 4 is 45.3 Å². The molecule has 0 heterocycles. The first-order valence-electron chi connectivity index (χ1n) is 6.79. The molecule has 3 N–H and O–H groups in total. The fourth-order valence-corrected chi connectivity index (χ4v) is 3.14. The van der Waals surface area contributed by atoms with Crippen LogP contribution in [-0.2, 0) is 10.1 Å². The highest BCUT2D eigenvalue weighted by molar-refractivity contribution is 7.87. The summed E-state index contributed by atoms with van der Waals surface area (Å²) in [6.07, 6.45) is 1.39. The Balaban J connectivity index is 2.35. The van der Waals surface area contributed by atoms with Crippen LogP contribution < -0.4 is 20.1 Å². The van der Waals surface area contributed by atoms with Crippen molar-refractivity contribution in [1.82, 2.24) is 5.43 Å². The van der Waals surface area contributed by atoms with E-state index in [0.29, 0.717) is 5.56 Å². The maximum Gasteiger partial charge on any atom is 0.339 e. The number of methoxy groups -OCH3 is 1. The van der Waals surface area contributed by atoms with Crippen molar-refractivity contribution in [1.29, 1.82) is 0 Å². The van der Waals surface area contributed by atoms with Gasteiger partial charge in [0.1, 0.15) is 4.90 Å². The van der Waals surface area contributed by atoms with E-state index < -0.39 is 10.1 Å². The first-order chi connectivity index (χ1) is 11.8. The van der Waals surface area contributed by atoms with Crippen LogP contribution in [0.4, 0.5) is 0 Å². The third kappa shape index (κ3) is 5.05. The Bertz CT molecular complexity index is 902. The predicted molar refractivity (Wildman–Crippen MR) is 99.8 cm³/mol. The highest BCUT2D eigenvalue weighted by Crippen LogP contribution is 2.37. The van der Waals surface area contributed by atoms with Crippen LogP contribution in [-0.4, -0.2) is 26.9 Å². The molecule has 0 fully saturated rings. The minimum Gasteiger partial charge on any atom is -0.493 e. The minimum absolute atomic E-state index is 0.000540. The van der Waals surface area contributed by atoms with Crippen LogP contribution >= 0.6 is 23.8 Å². The third-order valence-corrected chi connectivity index (χ3v) is 4.47. The second kappa shape index (κ2) is 8.15. The molecule has 0 saturated heterocycles. The van der Waals surface area contributed by atoms with Gasteiger partial charge in [0.2, 0.25) is 5.75 Å².